The average molecular weight is 669 g/mol. The summed E-state index contributed by atoms with van der Waals surface area (Å²) in [5.74, 6) is 0. The van der Waals surface area contributed by atoms with Crippen molar-refractivity contribution < 1.29 is 9.13 Å². The topological polar surface area (TPSA) is 51.4 Å². The van der Waals surface area contributed by atoms with Crippen LogP contribution in [0.1, 0.15) is 0 Å². The van der Waals surface area contributed by atoms with E-state index >= 15 is 9.13 Å². The van der Waals surface area contributed by atoms with Crippen LogP contribution in [-0.2, 0) is 9.13 Å². The molecule has 0 fully saturated rings. The van der Waals surface area contributed by atoms with Crippen LogP contribution < -0.4 is 31.8 Å². The minimum Gasteiger partial charge on any atom is -0.309 e. The quantitative estimate of drug-likeness (QED) is 0.133. The molecule has 0 spiro atoms. The lowest BCUT2D eigenvalue weighted by atomic mass is 10.1. The number of nitrogens with zero attached hydrogens (tertiary/aromatic N) is 2. The smallest absolute Gasteiger partial charge is 0.173 e. The first kappa shape index (κ1) is 29.6. The molecule has 9 rings (SSSR count). The summed E-state index contributed by atoms with van der Waals surface area (Å²) in [6, 6.07) is 59.3. The molecule has 6 heteroatoms. The Morgan fingerprint density at radius 2 is 0.837 bits per heavy atom. The fourth-order valence-corrected chi connectivity index (χ4v) is 13.1. The van der Waals surface area contributed by atoms with Gasteiger partial charge in [-0.3, -0.25) is 4.40 Å². The minimum atomic E-state index is -3.39. The molecule has 0 saturated heterocycles. The Hall–Kier alpha value is -5.53. The highest BCUT2D eigenvalue weighted by molar-refractivity contribution is 7.86. The lowest BCUT2D eigenvalue weighted by molar-refractivity contribution is 0.591. The molecule has 0 saturated carbocycles. The van der Waals surface area contributed by atoms with Gasteiger partial charge in [0, 0.05) is 42.6 Å². The molecule has 0 amide bonds. The Morgan fingerprint density at radius 1 is 0.408 bits per heavy atom. The maximum absolute atomic E-state index is 15.9. The van der Waals surface area contributed by atoms with Gasteiger partial charge in [-0.05, 0) is 23.6 Å². The van der Waals surface area contributed by atoms with Crippen LogP contribution in [0.25, 0.3) is 38.4 Å². The van der Waals surface area contributed by atoms with Crippen LogP contribution in [0.2, 0.25) is 0 Å². The van der Waals surface area contributed by atoms with Gasteiger partial charge in [-0.25, -0.2) is 4.98 Å². The van der Waals surface area contributed by atoms with Crippen molar-refractivity contribution in [1.29, 1.82) is 0 Å². The van der Waals surface area contributed by atoms with Crippen LogP contribution in [0.15, 0.2) is 182 Å². The Labute approximate surface area is 284 Å². The van der Waals surface area contributed by atoms with Crippen molar-refractivity contribution in [3.8, 4) is 0 Å². The number of pyridine rings is 1. The standard InChI is InChI=1S/C43H30N2O2P2/c46-48(31-17-5-1-6-18-31,32-19-7-2-8-20-32)39-29-16-28-38-41(39)35-25-13-14-26-36(35)43-44-37-27-15-30-40(42(37)45(38)43)49(47,33-21-9-3-10-22-33)34-23-11-4-12-24-34/h1-30H. The molecule has 4 nitrogen and oxygen atoms in total. The molecule has 0 aliphatic rings. The highest BCUT2D eigenvalue weighted by atomic mass is 31.2. The number of aromatic nitrogens is 2. The van der Waals surface area contributed by atoms with E-state index in [0.29, 0.717) is 5.30 Å². The first-order valence-corrected chi connectivity index (χ1v) is 19.7. The maximum atomic E-state index is 15.9. The van der Waals surface area contributed by atoms with Gasteiger partial charge in [0.2, 0.25) is 0 Å². The molecule has 0 radical (unpaired) electrons. The summed E-state index contributed by atoms with van der Waals surface area (Å²) in [5.41, 5.74) is 3.17. The molecular weight excluding hydrogens is 638 g/mol. The first-order valence-electron chi connectivity index (χ1n) is 16.3. The van der Waals surface area contributed by atoms with Crippen molar-refractivity contribution in [2.45, 2.75) is 0 Å². The van der Waals surface area contributed by atoms with Crippen molar-refractivity contribution in [3.05, 3.63) is 182 Å². The SMILES string of the molecule is O=P(c1ccccc1)(c1ccccc1)c1cccc2c1c1ccccc1c1nc3cccc(P(=O)(c4ccccc4)c4ccccc4)c3n21. The second kappa shape index (κ2) is 11.6. The minimum absolute atomic E-state index is 0.714. The van der Waals surface area contributed by atoms with Gasteiger partial charge in [0.05, 0.1) is 16.6 Å². The largest absolute Gasteiger partial charge is 0.309 e. The molecule has 2 aromatic heterocycles. The molecule has 0 atom stereocenters. The number of para-hydroxylation sites is 1. The van der Waals surface area contributed by atoms with E-state index in [2.05, 4.69) is 22.6 Å². The number of benzene rings is 7. The van der Waals surface area contributed by atoms with E-state index in [4.69, 9.17) is 4.98 Å². The molecule has 0 N–H and O–H groups in total. The zero-order chi connectivity index (χ0) is 33.0. The van der Waals surface area contributed by atoms with Crippen LogP contribution in [0, 0.1) is 0 Å². The predicted octanol–water partition coefficient (Wildman–Crippen LogP) is 8.07. The second-order valence-corrected chi connectivity index (χ2v) is 17.7. The first-order chi connectivity index (χ1) is 24.1. The molecular formula is C43H30N2O2P2. The van der Waals surface area contributed by atoms with Crippen LogP contribution in [0.5, 0.6) is 0 Å². The Bertz CT molecular complexity index is 2680. The molecule has 234 valence electrons. The van der Waals surface area contributed by atoms with Gasteiger partial charge in [0.25, 0.3) is 0 Å². The molecule has 0 aliphatic heterocycles. The zero-order valence-corrected chi connectivity index (χ0v) is 28.2. The Morgan fingerprint density at radius 3 is 1.37 bits per heavy atom. The normalized spacial score (nSPS) is 12.2. The zero-order valence-electron chi connectivity index (χ0n) is 26.4. The van der Waals surface area contributed by atoms with E-state index in [9.17, 15) is 0 Å². The van der Waals surface area contributed by atoms with Gasteiger partial charge in [-0.15, -0.1) is 0 Å². The monoisotopic (exact) mass is 668 g/mol. The molecule has 49 heavy (non-hydrogen) atoms. The van der Waals surface area contributed by atoms with Gasteiger partial charge in [-0.1, -0.05) is 164 Å². The van der Waals surface area contributed by atoms with Crippen LogP contribution >= 0.6 is 14.3 Å². The summed E-state index contributed by atoms with van der Waals surface area (Å²) >= 11 is 0. The molecule has 9 aromatic rings. The maximum Gasteiger partial charge on any atom is 0.173 e. The van der Waals surface area contributed by atoms with E-state index in [1.54, 1.807) is 0 Å². The summed E-state index contributed by atoms with van der Waals surface area (Å²) in [7, 11) is -6.76. The van der Waals surface area contributed by atoms with Gasteiger partial charge in [-0.2, -0.15) is 0 Å². The van der Waals surface area contributed by atoms with Crippen LogP contribution in [0.3, 0.4) is 0 Å². The number of hydrogen-bond donors (Lipinski definition) is 0. The van der Waals surface area contributed by atoms with Gasteiger partial charge >= 0.3 is 0 Å². The fourth-order valence-electron chi connectivity index (χ4n) is 7.33. The summed E-state index contributed by atoms with van der Waals surface area (Å²) in [4.78, 5) is 5.24. The van der Waals surface area contributed by atoms with Crippen LogP contribution in [0.4, 0.5) is 0 Å². The summed E-state index contributed by atoms with van der Waals surface area (Å²) < 4.78 is 34.0. The molecule has 0 aliphatic carbocycles. The third-order valence-corrected chi connectivity index (χ3v) is 15.7. The van der Waals surface area contributed by atoms with E-state index in [-0.39, 0.29) is 0 Å². The number of fused-ring (bicyclic) bond motifs is 8. The molecule has 2 heterocycles. The van der Waals surface area contributed by atoms with Crippen molar-refractivity contribution in [2.75, 3.05) is 0 Å². The lowest BCUT2D eigenvalue weighted by Crippen LogP contribution is -2.26. The van der Waals surface area contributed by atoms with Crippen molar-refractivity contribution in [2.24, 2.45) is 0 Å². The Kier molecular flexibility index (Phi) is 6.99. The predicted molar refractivity (Wildman–Crippen MR) is 206 cm³/mol. The van der Waals surface area contributed by atoms with E-state index in [0.717, 1.165) is 64.9 Å². The average Bonchev–Trinajstić information content (AvgIpc) is 3.59. The summed E-state index contributed by atoms with van der Waals surface area (Å²) in [6.45, 7) is 0. The number of imidazole rings is 1. The van der Waals surface area contributed by atoms with E-state index < -0.39 is 14.3 Å². The van der Waals surface area contributed by atoms with Crippen LogP contribution in [-0.4, -0.2) is 9.38 Å². The molecule has 7 aromatic carbocycles. The lowest BCUT2D eigenvalue weighted by Gasteiger charge is -2.23. The van der Waals surface area contributed by atoms with Crippen molar-refractivity contribution in [3.63, 3.8) is 0 Å². The summed E-state index contributed by atoms with van der Waals surface area (Å²) in [5, 5.41) is 7.33. The number of hydrogen-bond acceptors (Lipinski definition) is 3. The highest BCUT2D eigenvalue weighted by Crippen LogP contribution is 2.48. The van der Waals surface area contributed by atoms with Crippen molar-refractivity contribution >= 4 is 84.5 Å². The van der Waals surface area contributed by atoms with Gasteiger partial charge < -0.3 is 9.13 Å². The molecule has 0 bridgehead atoms. The third kappa shape index (κ3) is 4.42. The third-order valence-electron chi connectivity index (χ3n) is 9.51. The number of rotatable bonds is 6. The molecule has 0 unspecified atom stereocenters. The van der Waals surface area contributed by atoms with Gasteiger partial charge in [0.15, 0.2) is 14.3 Å². The van der Waals surface area contributed by atoms with Gasteiger partial charge in [0.1, 0.15) is 5.65 Å². The van der Waals surface area contributed by atoms with E-state index in [1.165, 1.54) is 0 Å². The fraction of sp³-hybridized carbons (Fsp3) is 0. The summed E-state index contributed by atoms with van der Waals surface area (Å²) in [6.07, 6.45) is 0. The van der Waals surface area contributed by atoms with Crippen molar-refractivity contribution in [1.82, 2.24) is 9.38 Å². The Balaban J connectivity index is 1.48. The second-order valence-electron chi connectivity index (χ2n) is 12.2. The van der Waals surface area contributed by atoms with E-state index in [1.807, 2.05) is 164 Å². The highest BCUT2D eigenvalue weighted by Gasteiger charge is 2.35.